The number of hydrogen-bond donors (Lipinski definition) is 2. The zero-order chi connectivity index (χ0) is 13.7. The highest BCUT2D eigenvalue weighted by Gasteiger charge is 2.19. The fraction of sp³-hybridized carbons (Fsp3) is 0.385. The minimum atomic E-state index is -1.05. The summed E-state index contributed by atoms with van der Waals surface area (Å²) in [4.78, 5) is 24.0. The van der Waals surface area contributed by atoms with Crippen LogP contribution in [0.3, 0.4) is 0 Å². The van der Waals surface area contributed by atoms with Gasteiger partial charge in [-0.1, -0.05) is 17.7 Å². The predicted octanol–water partition coefficient (Wildman–Crippen LogP) is 1.15. The fourth-order valence-electron chi connectivity index (χ4n) is 1.57. The maximum atomic E-state index is 12.0. The Bertz CT molecular complexity index is 426. The average molecular weight is 250 g/mol. The molecule has 0 bridgehead atoms. The third-order valence-electron chi connectivity index (χ3n) is 2.44. The molecule has 1 aromatic rings. The van der Waals surface area contributed by atoms with E-state index in [2.05, 4.69) is 0 Å². The van der Waals surface area contributed by atoms with Crippen molar-refractivity contribution in [2.45, 2.75) is 26.3 Å². The fourth-order valence-corrected chi connectivity index (χ4v) is 1.57. The summed E-state index contributed by atoms with van der Waals surface area (Å²) >= 11 is 0. The van der Waals surface area contributed by atoms with E-state index < -0.39 is 5.97 Å². The van der Waals surface area contributed by atoms with E-state index in [9.17, 15) is 9.59 Å². The van der Waals surface area contributed by atoms with Gasteiger partial charge in [0.25, 0.3) is 0 Å². The second kappa shape index (κ2) is 6.16. The molecule has 0 heterocycles. The first-order chi connectivity index (χ1) is 8.40. The van der Waals surface area contributed by atoms with Crippen molar-refractivity contribution in [3.05, 3.63) is 29.8 Å². The third-order valence-corrected chi connectivity index (χ3v) is 2.44. The van der Waals surface area contributed by atoms with Crippen LogP contribution < -0.4 is 10.6 Å². The van der Waals surface area contributed by atoms with Crippen molar-refractivity contribution in [2.24, 2.45) is 5.73 Å². The quantitative estimate of drug-likeness (QED) is 0.821. The van der Waals surface area contributed by atoms with Gasteiger partial charge in [-0.25, -0.2) is 0 Å². The van der Waals surface area contributed by atoms with E-state index in [1.54, 1.807) is 19.1 Å². The summed E-state index contributed by atoms with van der Waals surface area (Å²) in [5, 5.41) is 8.86. The number of carbonyl (C=O) groups is 2. The van der Waals surface area contributed by atoms with Crippen molar-refractivity contribution in [3.8, 4) is 0 Å². The molecule has 0 aromatic heterocycles. The summed E-state index contributed by atoms with van der Waals surface area (Å²) < 4.78 is 0. The number of anilines is 1. The van der Waals surface area contributed by atoms with Crippen LogP contribution in [0.2, 0.25) is 0 Å². The lowest BCUT2D eigenvalue weighted by Crippen LogP contribution is -2.38. The summed E-state index contributed by atoms with van der Waals surface area (Å²) in [6.07, 6.45) is 0.126. The number of nitrogens with zero attached hydrogens (tertiary/aromatic N) is 1. The van der Waals surface area contributed by atoms with Gasteiger partial charge in [0.15, 0.2) is 0 Å². The molecule has 0 radical (unpaired) electrons. The van der Waals surface area contributed by atoms with Crippen molar-refractivity contribution in [3.63, 3.8) is 0 Å². The van der Waals surface area contributed by atoms with Gasteiger partial charge in [0.05, 0.1) is 0 Å². The number of nitrogens with two attached hydrogens (primary N) is 1. The SMILES string of the molecule is Cc1ccc(N(CC(=O)O)C(=O)CC(C)N)cc1. The number of carboxylic acids is 1. The first kappa shape index (κ1) is 14.2. The largest absolute Gasteiger partial charge is 0.480 e. The Kier molecular flexibility index (Phi) is 4.85. The van der Waals surface area contributed by atoms with Crippen LogP contribution in [0.15, 0.2) is 24.3 Å². The Morgan fingerprint density at radius 1 is 1.33 bits per heavy atom. The molecule has 5 nitrogen and oxygen atoms in total. The minimum Gasteiger partial charge on any atom is -0.480 e. The lowest BCUT2D eigenvalue weighted by molar-refractivity contribution is -0.136. The third kappa shape index (κ3) is 4.18. The van der Waals surface area contributed by atoms with E-state index in [0.29, 0.717) is 5.69 Å². The number of hydrogen-bond acceptors (Lipinski definition) is 3. The number of carbonyl (C=O) groups excluding carboxylic acids is 1. The summed E-state index contributed by atoms with van der Waals surface area (Å²) in [6, 6.07) is 6.85. The molecule has 0 aliphatic rings. The smallest absolute Gasteiger partial charge is 0.323 e. The van der Waals surface area contributed by atoms with Gasteiger partial charge in [0.2, 0.25) is 5.91 Å². The Hall–Kier alpha value is -1.88. The number of aryl methyl sites for hydroxylation is 1. The van der Waals surface area contributed by atoms with E-state index in [0.717, 1.165) is 5.56 Å². The van der Waals surface area contributed by atoms with Gasteiger partial charge in [-0.05, 0) is 26.0 Å². The van der Waals surface area contributed by atoms with Gasteiger partial charge >= 0.3 is 5.97 Å². The molecule has 98 valence electrons. The summed E-state index contributed by atoms with van der Waals surface area (Å²) in [5.74, 6) is -1.33. The molecule has 0 saturated carbocycles. The molecule has 0 aliphatic heterocycles. The van der Waals surface area contributed by atoms with Gasteiger partial charge in [0, 0.05) is 18.2 Å². The number of aliphatic carboxylic acids is 1. The normalized spacial score (nSPS) is 11.9. The topological polar surface area (TPSA) is 83.6 Å². The molecule has 1 rings (SSSR count). The van der Waals surface area contributed by atoms with Crippen LogP contribution in [-0.4, -0.2) is 29.6 Å². The highest BCUT2D eigenvalue weighted by Crippen LogP contribution is 2.16. The second-order valence-electron chi connectivity index (χ2n) is 4.39. The number of rotatable bonds is 5. The van der Waals surface area contributed by atoms with Gasteiger partial charge in [0.1, 0.15) is 6.54 Å². The van der Waals surface area contributed by atoms with Gasteiger partial charge in [-0.2, -0.15) is 0 Å². The minimum absolute atomic E-state index is 0.126. The van der Waals surface area contributed by atoms with E-state index in [1.165, 1.54) is 4.90 Å². The molecule has 0 spiro atoms. The first-order valence-electron chi connectivity index (χ1n) is 5.74. The maximum Gasteiger partial charge on any atom is 0.323 e. The Labute approximate surface area is 106 Å². The van der Waals surface area contributed by atoms with Crippen LogP contribution in [0.25, 0.3) is 0 Å². The lowest BCUT2D eigenvalue weighted by Gasteiger charge is -2.22. The van der Waals surface area contributed by atoms with Crippen LogP contribution >= 0.6 is 0 Å². The van der Waals surface area contributed by atoms with E-state index >= 15 is 0 Å². The molecular weight excluding hydrogens is 232 g/mol. The maximum absolute atomic E-state index is 12.0. The first-order valence-corrected chi connectivity index (χ1v) is 5.74. The molecule has 1 atom stereocenters. The van der Waals surface area contributed by atoms with Crippen molar-refractivity contribution in [1.29, 1.82) is 0 Å². The van der Waals surface area contributed by atoms with Crippen LogP contribution in [-0.2, 0) is 9.59 Å². The van der Waals surface area contributed by atoms with E-state index in [4.69, 9.17) is 10.8 Å². The summed E-state index contributed by atoms with van der Waals surface area (Å²) in [5.41, 5.74) is 7.20. The number of amides is 1. The van der Waals surface area contributed by atoms with Crippen LogP contribution in [0.4, 0.5) is 5.69 Å². The van der Waals surface area contributed by atoms with Crippen LogP contribution in [0.1, 0.15) is 18.9 Å². The molecule has 3 N–H and O–H groups in total. The molecular formula is C13H18N2O3. The molecule has 5 heteroatoms. The number of carboxylic acid groups (broad SMARTS) is 1. The van der Waals surface area contributed by atoms with E-state index in [-0.39, 0.29) is 24.9 Å². The van der Waals surface area contributed by atoms with Gasteiger partial charge in [-0.15, -0.1) is 0 Å². The van der Waals surface area contributed by atoms with Crippen molar-refractivity contribution < 1.29 is 14.7 Å². The van der Waals surface area contributed by atoms with Crippen molar-refractivity contribution >= 4 is 17.6 Å². The van der Waals surface area contributed by atoms with E-state index in [1.807, 2.05) is 19.1 Å². The van der Waals surface area contributed by atoms with Crippen LogP contribution in [0.5, 0.6) is 0 Å². The predicted molar refractivity (Wildman–Crippen MR) is 69.4 cm³/mol. The standard InChI is InChI=1S/C13H18N2O3/c1-9-3-5-11(6-4-9)15(8-13(17)18)12(16)7-10(2)14/h3-6,10H,7-8,14H2,1-2H3,(H,17,18). The lowest BCUT2D eigenvalue weighted by atomic mass is 10.2. The van der Waals surface area contributed by atoms with Crippen LogP contribution in [0, 0.1) is 6.92 Å². The molecule has 0 saturated heterocycles. The molecule has 1 unspecified atom stereocenters. The van der Waals surface area contributed by atoms with Gasteiger partial charge in [-0.3, -0.25) is 9.59 Å². The highest BCUT2D eigenvalue weighted by molar-refractivity contribution is 5.97. The van der Waals surface area contributed by atoms with Crippen molar-refractivity contribution in [1.82, 2.24) is 0 Å². The van der Waals surface area contributed by atoms with Gasteiger partial charge < -0.3 is 15.7 Å². The molecule has 1 amide bonds. The highest BCUT2D eigenvalue weighted by atomic mass is 16.4. The molecule has 1 aromatic carbocycles. The Morgan fingerprint density at radius 2 is 1.89 bits per heavy atom. The Morgan fingerprint density at radius 3 is 2.33 bits per heavy atom. The monoisotopic (exact) mass is 250 g/mol. The molecule has 0 fully saturated rings. The molecule has 0 aliphatic carbocycles. The summed E-state index contributed by atoms with van der Waals surface area (Å²) in [7, 11) is 0. The average Bonchev–Trinajstić information content (AvgIpc) is 2.26. The second-order valence-corrected chi connectivity index (χ2v) is 4.39. The van der Waals surface area contributed by atoms with Crippen molar-refractivity contribution in [2.75, 3.05) is 11.4 Å². The Balaban J connectivity index is 2.93. The zero-order valence-electron chi connectivity index (χ0n) is 10.6. The summed E-state index contributed by atoms with van der Waals surface area (Å²) in [6.45, 7) is 3.29. The zero-order valence-corrected chi connectivity index (χ0v) is 10.6. The number of benzene rings is 1. The molecule has 18 heavy (non-hydrogen) atoms.